The number of nitrogens with one attached hydrogen (secondary N) is 2. The van der Waals surface area contributed by atoms with Crippen LogP contribution < -0.4 is 10.6 Å². The Morgan fingerprint density at radius 1 is 1.02 bits per heavy atom. The van der Waals surface area contributed by atoms with Crippen LogP contribution in [0.2, 0.25) is 0 Å². The molecule has 2 aliphatic rings. The maximum atomic E-state index is 13.1. The topological polar surface area (TPSA) is 94.5 Å². The van der Waals surface area contributed by atoms with E-state index in [4.69, 9.17) is 4.74 Å². The van der Waals surface area contributed by atoms with Crippen molar-refractivity contribution in [3.63, 3.8) is 0 Å². The standard InChI is InChI=1S/C33H44N4O3/c1-3-40-31(38)27-11-10-21-37(23-27)22-20-26-16-18-30(19-17-26)36-32(39)35-25(2)33(24-34,28-12-6-4-7-13-28)29-14-8-5-9-15-29/h4-9,12-15,25-27,30H,3,10-11,16-23H2,1-2H3,(H2,35,36,39)/t25-,26?,27?,30?/m0/s1. The second kappa shape index (κ2) is 14.3. The maximum absolute atomic E-state index is 13.1. The van der Waals surface area contributed by atoms with Crippen LogP contribution in [-0.4, -0.2) is 55.2 Å². The first-order chi connectivity index (χ1) is 19.5. The van der Waals surface area contributed by atoms with E-state index in [-0.39, 0.29) is 24.0 Å². The Morgan fingerprint density at radius 3 is 2.23 bits per heavy atom. The Morgan fingerprint density at radius 2 is 1.65 bits per heavy atom. The number of urea groups is 1. The summed E-state index contributed by atoms with van der Waals surface area (Å²) in [5, 5.41) is 16.8. The zero-order valence-corrected chi connectivity index (χ0v) is 24.0. The van der Waals surface area contributed by atoms with Crippen molar-refractivity contribution in [2.45, 2.75) is 76.3 Å². The lowest BCUT2D eigenvalue weighted by Crippen LogP contribution is -2.53. The van der Waals surface area contributed by atoms with E-state index in [1.54, 1.807) is 0 Å². The first kappa shape index (κ1) is 29.6. The van der Waals surface area contributed by atoms with Crippen LogP contribution in [0.1, 0.15) is 69.9 Å². The molecule has 0 spiro atoms. The lowest BCUT2D eigenvalue weighted by atomic mass is 9.70. The van der Waals surface area contributed by atoms with Gasteiger partial charge in [-0.25, -0.2) is 4.79 Å². The summed E-state index contributed by atoms with van der Waals surface area (Å²) in [6, 6.07) is 21.4. The molecule has 7 heteroatoms. The molecule has 0 radical (unpaired) electrons. The number of esters is 1. The summed E-state index contributed by atoms with van der Waals surface area (Å²) < 4.78 is 5.24. The summed E-state index contributed by atoms with van der Waals surface area (Å²) in [5.74, 6) is 0.606. The molecule has 7 nitrogen and oxygen atoms in total. The molecule has 214 valence electrons. The Balaban J connectivity index is 1.27. The largest absolute Gasteiger partial charge is 0.466 e. The van der Waals surface area contributed by atoms with Crippen molar-refractivity contribution in [2.75, 3.05) is 26.2 Å². The van der Waals surface area contributed by atoms with Crippen LogP contribution in [0.15, 0.2) is 60.7 Å². The molecule has 1 unspecified atom stereocenters. The van der Waals surface area contributed by atoms with Crippen LogP contribution in [0.5, 0.6) is 0 Å². The van der Waals surface area contributed by atoms with E-state index < -0.39 is 11.5 Å². The van der Waals surface area contributed by atoms with E-state index in [0.717, 1.165) is 75.7 Å². The zero-order valence-electron chi connectivity index (χ0n) is 24.0. The van der Waals surface area contributed by atoms with Crippen LogP contribution in [0.3, 0.4) is 0 Å². The lowest BCUT2D eigenvalue weighted by Gasteiger charge is -2.36. The van der Waals surface area contributed by atoms with Gasteiger partial charge >= 0.3 is 12.0 Å². The number of piperidine rings is 1. The van der Waals surface area contributed by atoms with Crippen LogP contribution in [0.4, 0.5) is 4.79 Å². The van der Waals surface area contributed by atoms with Gasteiger partial charge in [-0.05, 0) is 88.9 Å². The van der Waals surface area contributed by atoms with Gasteiger partial charge in [0.15, 0.2) is 0 Å². The molecule has 2 fully saturated rings. The Labute approximate surface area is 239 Å². The van der Waals surface area contributed by atoms with Crippen LogP contribution in [0.25, 0.3) is 0 Å². The molecule has 2 aromatic rings. The van der Waals surface area contributed by atoms with Gasteiger partial charge in [0.2, 0.25) is 0 Å². The Kier molecular flexibility index (Phi) is 10.6. The SMILES string of the molecule is CCOC(=O)C1CCCN(CCC2CCC(NC(=O)N[C@@H](C)C(C#N)(c3ccccc3)c3ccccc3)CC2)C1. The minimum absolute atomic E-state index is 0.0121. The van der Waals surface area contributed by atoms with Crippen LogP contribution >= 0.6 is 0 Å². The fraction of sp³-hybridized carbons (Fsp3) is 0.545. The molecule has 1 aliphatic carbocycles. The molecule has 4 rings (SSSR count). The summed E-state index contributed by atoms with van der Waals surface area (Å²) in [6.07, 6.45) is 7.20. The molecular formula is C33H44N4O3. The Bertz CT molecular complexity index is 1090. The molecule has 2 aromatic carbocycles. The number of benzene rings is 2. The van der Waals surface area contributed by atoms with E-state index in [1.807, 2.05) is 74.5 Å². The van der Waals surface area contributed by atoms with Crippen molar-refractivity contribution in [2.24, 2.45) is 11.8 Å². The number of amides is 2. The predicted molar refractivity (Wildman–Crippen MR) is 157 cm³/mol. The molecule has 2 amide bonds. The summed E-state index contributed by atoms with van der Waals surface area (Å²) in [4.78, 5) is 27.7. The van der Waals surface area contributed by atoms with Crippen molar-refractivity contribution in [1.82, 2.24) is 15.5 Å². The van der Waals surface area contributed by atoms with Gasteiger partial charge in [0, 0.05) is 12.6 Å². The number of nitrogens with zero attached hydrogens (tertiary/aromatic N) is 2. The van der Waals surface area contributed by atoms with Crippen molar-refractivity contribution in [1.29, 1.82) is 5.26 Å². The fourth-order valence-electron chi connectivity index (χ4n) is 6.50. The highest BCUT2D eigenvalue weighted by molar-refractivity contribution is 5.75. The van der Waals surface area contributed by atoms with Gasteiger partial charge in [0.05, 0.1) is 24.6 Å². The number of ether oxygens (including phenoxy) is 1. The number of likely N-dealkylation sites (tertiary alicyclic amines) is 1. The molecule has 0 bridgehead atoms. The number of hydrogen-bond acceptors (Lipinski definition) is 5. The molecule has 1 saturated heterocycles. The van der Waals surface area contributed by atoms with Gasteiger partial charge in [-0.2, -0.15) is 5.26 Å². The highest BCUT2D eigenvalue weighted by Crippen LogP contribution is 2.35. The highest BCUT2D eigenvalue weighted by Gasteiger charge is 2.41. The third-order valence-corrected chi connectivity index (χ3v) is 8.79. The maximum Gasteiger partial charge on any atom is 0.315 e. The van der Waals surface area contributed by atoms with Crippen molar-refractivity contribution < 1.29 is 14.3 Å². The summed E-state index contributed by atoms with van der Waals surface area (Å²) in [5.41, 5.74) is 0.719. The van der Waals surface area contributed by atoms with Gasteiger partial charge < -0.3 is 20.3 Å². The molecule has 40 heavy (non-hydrogen) atoms. The minimum Gasteiger partial charge on any atom is -0.466 e. The molecule has 1 aliphatic heterocycles. The zero-order chi connectivity index (χ0) is 28.4. The van der Waals surface area contributed by atoms with Crippen molar-refractivity contribution in [3.05, 3.63) is 71.8 Å². The van der Waals surface area contributed by atoms with E-state index in [2.05, 4.69) is 21.6 Å². The minimum atomic E-state index is -1.00. The first-order valence-electron chi connectivity index (χ1n) is 14.9. The fourth-order valence-corrected chi connectivity index (χ4v) is 6.50. The van der Waals surface area contributed by atoms with Gasteiger partial charge in [-0.15, -0.1) is 0 Å². The first-order valence-corrected chi connectivity index (χ1v) is 14.9. The number of nitriles is 1. The summed E-state index contributed by atoms with van der Waals surface area (Å²) >= 11 is 0. The average Bonchev–Trinajstić information content (AvgIpc) is 2.99. The predicted octanol–water partition coefficient (Wildman–Crippen LogP) is 5.41. The second-order valence-corrected chi connectivity index (χ2v) is 11.4. The van der Waals surface area contributed by atoms with Crippen molar-refractivity contribution >= 4 is 12.0 Å². The number of rotatable bonds is 10. The van der Waals surface area contributed by atoms with Gasteiger partial charge in [0.1, 0.15) is 5.41 Å². The Hall–Kier alpha value is -3.37. The van der Waals surface area contributed by atoms with E-state index in [1.165, 1.54) is 0 Å². The lowest BCUT2D eigenvalue weighted by molar-refractivity contribution is -0.149. The van der Waals surface area contributed by atoms with Gasteiger partial charge in [-0.1, -0.05) is 60.7 Å². The van der Waals surface area contributed by atoms with Gasteiger partial charge in [-0.3, -0.25) is 4.79 Å². The number of carbonyl (C=O) groups excluding carboxylic acids is 2. The van der Waals surface area contributed by atoms with Crippen LogP contribution in [0, 0.1) is 23.2 Å². The third kappa shape index (κ3) is 7.22. The smallest absolute Gasteiger partial charge is 0.315 e. The van der Waals surface area contributed by atoms with Crippen LogP contribution in [-0.2, 0) is 14.9 Å². The quantitative estimate of drug-likeness (QED) is 0.390. The summed E-state index contributed by atoms with van der Waals surface area (Å²) in [7, 11) is 0. The normalized spacial score (nSPS) is 22.5. The molecule has 2 N–H and O–H groups in total. The van der Waals surface area contributed by atoms with Crippen molar-refractivity contribution in [3.8, 4) is 6.07 Å². The molecule has 0 aromatic heterocycles. The van der Waals surface area contributed by atoms with Gasteiger partial charge in [0.25, 0.3) is 0 Å². The molecule has 1 heterocycles. The average molecular weight is 545 g/mol. The molecule has 1 saturated carbocycles. The van der Waals surface area contributed by atoms with E-state index in [0.29, 0.717) is 12.5 Å². The van der Waals surface area contributed by atoms with E-state index >= 15 is 0 Å². The second-order valence-electron chi connectivity index (χ2n) is 11.4. The third-order valence-electron chi connectivity index (χ3n) is 8.79. The summed E-state index contributed by atoms with van der Waals surface area (Å²) in [6.45, 7) is 7.11. The number of carbonyl (C=O) groups is 2. The highest BCUT2D eigenvalue weighted by atomic mass is 16.5. The van der Waals surface area contributed by atoms with E-state index in [9.17, 15) is 14.9 Å². The molecular weight excluding hydrogens is 500 g/mol. The number of hydrogen-bond donors (Lipinski definition) is 2. The molecule has 2 atom stereocenters. The monoisotopic (exact) mass is 544 g/mol.